The SMILES string of the molecule is CC1(CC(=O)N/N=C\c2cc(Cl)ccc2OCc2cccc(Cl)c2)OCCO1. The highest BCUT2D eigenvalue weighted by atomic mass is 35.5. The van der Waals surface area contributed by atoms with Crippen molar-refractivity contribution in [1.29, 1.82) is 0 Å². The molecule has 0 saturated carbocycles. The molecular weight excluding hydrogens is 403 g/mol. The molecule has 8 heteroatoms. The van der Waals surface area contributed by atoms with Crippen LogP contribution in [-0.4, -0.2) is 31.1 Å². The van der Waals surface area contributed by atoms with Crippen LogP contribution in [0.2, 0.25) is 10.0 Å². The molecule has 1 amide bonds. The summed E-state index contributed by atoms with van der Waals surface area (Å²) in [6.45, 7) is 3.01. The molecule has 0 bridgehead atoms. The van der Waals surface area contributed by atoms with E-state index in [1.807, 2.05) is 18.2 Å². The van der Waals surface area contributed by atoms with Crippen molar-refractivity contribution < 1.29 is 19.0 Å². The summed E-state index contributed by atoms with van der Waals surface area (Å²) in [5.41, 5.74) is 4.03. The fourth-order valence-corrected chi connectivity index (χ4v) is 3.10. The second-order valence-electron chi connectivity index (χ2n) is 6.40. The lowest BCUT2D eigenvalue weighted by Gasteiger charge is -2.20. The molecule has 0 radical (unpaired) electrons. The zero-order valence-electron chi connectivity index (χ0n) is 15.3. The number of carbonyl (C=O) groups is 1. The predicted octanol–water partition coefficient (Wildman–Crippen LogP) is 4.18. The van der Waals surface area contributed by atoms with Crippen molar-refractivity contribution in [2.45, 2.75) is 25.7 Å². The van der Waals surface area contributed by atoms with Crippen LogP contribution in [0.1, 0.15) is 24.5 Å². The van der Waals surface area contributed by atoms with Gasteiger partial charge in [-0.1, -0.05) is 35.3 Å². The van der Waals surface area contributed by atoms with Crippen molar-refractivity contribution in [2.75, 3.05) is 13.2 Å². The van der Waals surface area contributed by atoms with E-state index in [0.29, 0.717) is 41.2 Å². The number of hydrogen-bond donors (Lipinski definition) is 1. The van der Waals surface area contributed by atoms with Crippen molar-refractivity contribution in [3.05, 3.63) is 63.6 Å². The van der Waals surface area contributed by atoms with E-state index in [1.165, 1.54) is 6.21 Å². The molecule has 3 rings (SSSR count). The molecule has 28 heavy (non-hydrogen) atoms. The summed E-state index contributed by atoms with van der Waals surface area (Å²) in [4.78, 5) is 12.0. The van der Waals surface area contributed by atoms with Gasteiger partial charge in [-0.05, 0) is 42.8 Å². The summed E-state index contributed by atoms with van der Waals surface area (Å²) in [5, 5.41) is 5.16. The minimum absolute atomic E-state index is 0.0536. The van der Waals surface area contributed by atoms with Gasteiger partial charge in [-0.2, -0.15) is 5.10 Å². The van der Waals surface area contributed by atoms with Gasteiger partial charge in [-0.25, -0.2) is 5.43 Å². The van der Waals surface area contributed by atoms with E-state index < -0.39 is 5.79 Å². The van der Waals surface area contributed by atoms with Crippen LogP contribution in [0.5, 0.6) is 5.75 Å². The third kappa shape index (κ3) is 5.94. The third-order valence-corrected chi connectivity index (χ3v) is 4.50. The third-order valence-electron chi connectivity index (χ3n) is 4.03. The molecule has 1 N–H and O–H groups in total. The molecule has 0 spiro atoms. The van der Waals surface area contributed by atoms with Gasteiger partial charge < -0.3 is 14.2 Å². The minimum atomic E-state index is -0.902. The van der Waals surface area contributed by atoms with Gasteiger partial charge >= 0.3 is 0 Å². The average Bonchev–Trinajstić information content (AvgIpc) is 3.07. The number of nitrogens with zero attached hydrogens (tertiary/aromatic N) is 1. The maximum atomic E-state index is 12.0. The molecule has 1 aliphatic heterocycles. The van der Waals surface area contributed by atoms with Crippen molar-refractivity contribution in [1.82, 2.24) is 5.43 Å². The topological polar surface area (TPSA) is 69.2 Å². The first-order chi connectivity index (χ1) is 13.4. The Morgan fingerprint density at radius 2 is 1.96 bits per heavy atom. The van der Waals surface area contributed by atoms with Crippen LogP contribution < -0.4 is 10.2 Å². The molecule has 6 nitrogen and oxygen atoms in total. The first kappa shape index (κ1) is 20.6. The van der Waals surface area contributed by atoms with E-state index in [0.717, 1.165) is 5.56 Å². The number of rotatable bonds is 7. The average molecular weight is 423 g/mol. The molecule has 0 atom stereocenters. The Balaban J connectivity index is 1.61. The van der Waals surface area contributed by atoms with Crippen LogP contribution in [0.3, 0.4) is 0 Å². The molecule has 0 aromatic heterocycles. The van der Waals surface area contributed by atoms with Crippen LogP contribution in [0, 0.1) is 0 Å². The van der Waals surface area contributed by atoms with E-state index >= 15 is 0 Å². The van der Waals surface area contributed by atoms with Crippen LogP contribution in [0.4, 0.5) is 0 Å². The Morgan fingerprint density at radius 3 is 2.71 bits per heavy atom. The van der Waals surface area contributed by atoms with Crippen molar-refractivity contribution in [3.8, 4) is 5.75 Å². The lowest BCUT2D eigenvalue weighted by molar-refractivity contribution is -0.159. The number of benzene rings is 2. The Hall–Kier alpha value is -2.12. The highest BCUT2D eigenvalue weighted by Crippen LogP contribution is 2.24. The van der Waals surface area contributed by atoms with Crippen LogP contribution in [0.25, 0.3) is 0 Å². The van der Waals surface area contributed by atoms with Crippen molar-refractivity contribution >= 4 is 35.3 Å². The molecular formula is C20H20Cl2N2O4. The molecule has 148 valence electrons. The standard InChI is InChI=1S/C20H20Cl2N2O4/c1-20(27-7-8-28-20)11-19(25)24-23-12-15-10-17(22)5-6-18(15)26-13-14-3-2-4-16(21)9-14/h2-6,9-10,12H,7-8,11,13H2,1H3,(H,24,25)/b23-12-. The molecule has 0 aliphatic carbocycles. The molecule has 0 unspecified atom stereocenters. The Bertz CT molecular complexity index is 867. The minimum Gasteiger partial charge on any atom is -0.488 e. The summed E-state index contributed by atoms with van der Waals surface area (Å²) < 4.78 is 16.7. The highest BCUT2D eigenvalue weighted by Gasteiger charge is 2.33. The molecule has 1 saturated heterocycles. The Morgan fingerprint density at radius 1 is 1.21 bits per heavy atom. The van der Waals surface area contributed by atoms with Gasteiger partial charge in [0.25, 0.3) is 0 Å². The predicted molar refractivity (Wildman–Crippen MR) is 108 cm³/mol. The van der Waals surface area contributed by atoms with Gasteiger partial charge in [0.05, 0.1) is 25.8 Å². The molecule has 1 aliphatic rings. The lowest BCUT2D eigenvalue weighted by atomic mass is 10.2. The first-order valence-electron chi connectivity index (χ1n) is 8.70. The number of amides is 1. The molecule has 1 fully saturated rings. The highest BCUT2D eigenvalue weighted by molar-refractivity contribution is 6.31. The molecule has 2 aromatic rings. The summed E-state index contributed by atoms with van der Waals surface area (Å²) in [6.07, 6.45) is 1.54. The van der Waals surface area contributed by atoms with Crippen LogP contribution >= 0.6 is 23.2 Å². The molecule has 2 aromatic carbocycles. The van der Waals surface area contributed by atoms with E-state index in [9.17, 15) is 4.79 Å². The monoisotopic (exact) mass is 422 g/mol. The summed E-state index contributed by atoms with van der Waals surface area (Å²) >= 11 is 12.1. The number of hydrogen-bond acceptors (Lipinski definition) is 5. The number of carbonyl (C=O) groups excluding carboxylic acids is 1. The largest absolute Gasteiger partial charge is 0.488 e. The smallest absolute Gasteiger partial charge is 0.245 e. The van der Waals surface area contributed by atoms with Gasteiger partial charge in [0.1, 0.15) is 12.4 Å². The van der Waals surface area contributed by atoms with Gasteiger partial charge in [-0.3, -0.25) is 4.79 Å². The number of hydrazone groups is 1. The Kier molecular flexibility index (Phi) is 6.91. The maximum Gasteiger partial charge on any atom is 0.245 e. The van der Waals surface area contributed by atoms with E-state index in [1.54, 1.807) is 31.2 Å². The fraction of sp³-hybridized carbons (Fsp3) is 0.300. The second-order valence-corrected chi connectivity index (χ2v) is 7.27. The van der Waals surface area contributed by atoms with Crippen molar-refractivity contribution in [3.63, 3.8) is 0 Å². The van der Waals surface area contributed by atoms with Crippen LogP contribution in [0.15, 0.2) is 47.6 Å². The summed E-state index contributed by atoms with van der Waals surface area (Å²) in [7, 11) is 0. The fourth-order valence-electron chi connectivity index (χ4n) is 2.70. The van der Waals surface area contributed by atoms with Gasteiger partial charge in [0, 0.05) is 15.6 Å². The van der Waals surface area contributed by atoms with E-state index in [4.69, 9.17) is 37.4 Å². The van der Waals surface area contributed by atoms with Gasteiger partial charge in [-0.15, -0.1) is 0 Å². The lowest BCUT2D eigenvalue weighted by Crippen LogP contribution is -2.33. The van der Waals surface area contributed by atoms with E-state index in [2.05, 4.69) is 10.5 Å². The molecule has 1 heterocycles. The van der Waals surface area contributed by atoms with Crippen LogP contribution in [-0.2, 0) is 20.9 Å². The quantitative estimate of drug-likeness (QED) is 0.536. The number of halogens is 2. The van der Waals surface area contributed by atoms with E-state index in [-0.39, 0.29) is 12.3 Å². The van der Waals surface area contributed by atoms with Crippen molar-refractivity contribution in [2.24, 2.45) is 5.10 Å². The first-order valence-corrected chi connectivity index (χ1v) is 9.46. The maximum absolute atomic E-state index is 12.0. The number of ether oxygens (including phenoxy) is 3. The van der Waals surface area contributed by atoms with Gasteiger partial charge in [0.15, 0.2) is 5.79 Å². The Labute approximate surface area is 173 Å². The van der Waals surface area contributed by atoms with Gasteiger partial charge in [0.2, 0.25) is 5.91 Å². The zero-order chi connectivity index (χ0) is 20.0. The zero-order valence-corrected chi connectivity index (χ0v) is 16.8. The summed E-state index contributed by atoms with van der Waals surface area (Å²) in [6, 6.07) is 12.6. The number of nitrogens with one attached hydrogen (secondary N) is 1. The summed E-state index contributed by atoms with van der Waals surface area (Å²) in [5.74, 6) is -0.637. The normalized spacial score (nSPS) is 15.7. The second kappa shape index (κ2) is 9.39.